The van der Waals surface area contributed by atoms with Crippen LogP contribution in [0.4, 0.5) is 0 Å². The first-order valence-electron chi connectivity index (χ1n) is 6.60. The van der Waals surface area contributed by atoms with Crippen LogP contribution in [0.5, 0.6) is 0 Å². The molecule has 21 heavy (non-hydrogen) atoms. The van der Waals surface area contributed by atoms with Crippen molar-refractivity contribution in [3.05, 3.63) is 28.2 Å². The second kappa shape index (κ2) is 6.22. The molecule has 1 aromatic carbocycles. The van der Waals surface area contributed by atoms with Crippen LogP contribution < -0.4 is 5.73 Å². The van der Waals surface area contributed by atoms with Crippen molar-refractivity contribution in [3.63, 3.8) is 0 Å². The van der Waals surface area contributed by atoms with E-state index in [2.05, 4.69) is 0 Å². The number of halogens is 3. The Kier molecular flexibility index (Phi) is 5.13. The van der Waals surface area contributed by atoms with Gasteiger partial charge in [-0.15, -0.1) is 12.4 Å². The largest absolute Gasteiger partial charge is 0.327 e. The molecule has 1 aliphatic carbocycles. The van der Waals surface area contributed by atoms with E-state index in [1.165, 1.54) is 16.4 Å². The van der Waals surface area contributed by atoms with E-state index in [9.17, 15) is 8.42 Å². The fourth-order valence-corrected chi connectivity index (χ4v) is 5.55. The van der Waals surface area contributed by atoms with Gasteiger partial charge in [0.05, 0.1) is 5.02 Å². The Morgan fingerprint density at radius 1 is 1.19 bits per heavy atom. The maximum atomic E-state index is 12.7. The van der Waals surface area contributed by atoms with Gasteiger partial charge in [-0.05, 0) is 42.9 Å². The topological polar surface area (TPSA) is 63.4 Å². The number of hydrogen-bond acceptors (Lipinski definition) is 3. The summed E-state index contributed by atoms with van der Waals surface area (Å²) >= 11 is 11.9. The van der Waals surface area contributed by atoms with Crippen molar-refractivity contribution in [2.75, 3.05) is 13.1 Å². The molecule has 2 fully saturated rings. The van der Waals surface area contributed by atoms with Crippen LogP contribution in [-0.2, 0) is 10.0 Å². The zero-order chi connectivity index (χ0) is 14.5. The van der Waals surface area contributed by atoms with Gasteiger partial charge in [0, 0.05) is 24.2 Å². The van der Waals surface area contributed by atoms with Crippen LogP contribution in [0, 0.1) is 11.8 Å². The molecule has 1 heterocycles. The summed E-state index contributed by atoms with van der Waals surface area (Å²) in [7, 11) is -3.60. The molecule has 2 aliphatic rings. The van der Waals surface area contributed by atoms with E-state index in [0.29, 0.717) is 24.0 Å². The zero-order valence-corrected chi connectivity index (χ0v) is 14.4. The third kappa shape index (κ3) is 3.05. The van der Waals surface area contributed by atoms with Gasteiger partial charge in [-0.25, -0.2) is 8.42 Å². The highest BCUT2D eigenvalue weighted by molar-refractivity contribution is 7.89. The van der Waals surface area contributed by atoms with Gasteiger partial charge in [-0.2, -0.15) is 4.31 Å². The minimum atomic E-state index is -3.60. The third-order valence-corrected chi connectivity index (χ3v) is 6.94. The molecule has 1 saturated carbocycles. The van der Waals surface area contributed by atoms with Crippen molar-refractivity contribution in [2.24, 2.45) is 17.6 Å². The lowest BCUT2D eigenvalue weighted by atomic mass is 9.98. The fourth-order valence-electron chi connectivity index (χ4n) is 3.28. The van der Waals surface area contributed by atoms with E-state index in [-0.39, 0.29) is 34.3 Å². The Balaban J connectivity index is 0.00000161. The summed E-state index contributed by atoms with van der Waals surface area (Å²) in [6.07, 6.45) is 1.99. The fraction of sp³-hybridized carbons (Fsp3) is 0.538. The summed E-state index contributed by atoms with van der Waals surface area (Å²) in [5, 5.41) is 0.569. The number of nitrogens with two attached hydrogens (primary N) is 1. The van der Waals surface area contributed by atoms with Crippen molar-refractivity contribution >= 4 is 45.6 Å². The highest BCUT2D eigenvalue weighted by Crippen LogP contribution is 2.40. The monoisotopic (exact) mass is 370 g/mol. The molecule has 3 unspecified atom stereocenters. The number of rotatable bonds is 2. The van der Waals surface area contributed by atoms with E-state index >= 15 is 0 Å². The maximum Gasteiger partial charge on any atom is 0.244 e. The van der Waals surface area contributed by atoms with Gasteiger partial charge in [-0.1, -0.05) is 23.2 Å². The molecule has 1 aromatic rings. The van der Waals surface area contributed by atoms with Gasteiger partial charge in [0.15, 0.2) is 0 Å². The van der Waals surface area contributed by atoms with Gasteiger partial charge in [0.2, 0.25) is 10.0 Å². The highest BCUT2D eigenvalue weighted by Gasteiger charge is 2.45. The number of fused-ring (bicyclic) bond motifs is 1. The van der Waals surface area contributed by atoms with E-state index in [4.69, 9.17) is 28.9 Å². The normalized spacial score (nSPS) is 29.2. The molecule has 4 nitrogen and oxygen atoms in total. The lowest BCUT2D eigenvalue weighted by Gasteiger charge is -2.19. The summed E-state index contributed by atoms with van der Waals surface area (Å²) in [4.78, 5) is 0.0835. The molecule has 0 spiro atoms. The summed E-state index contributed by atoms with van der Waals surface area (Å²) in [6, 6.07) is 4.61. The second-order valence-corrected chi connectivity index (χ2v) is 8.31. The number of nitrogens with zero attached hydrogens (tertiary/aromatic N) is 1. The van der Waals surface area contributed by atoms with Gasteiger partial charge in [0.25, 0.3) is 0 Å². The lowest BCUT2D eigenvalue weighted by Crippen LogP contribution is -2.33. The Bertz CT molecular complexity index is 638. The SMILES string of the molecule is Cl.NC1CCC2CN(S(=O)(=O)c3cc(Cl)ccc3Cl)CC12. The summed E-state index contributed by atoms with van der Waals surface area (Å²) in [5.41, 5.74) is 6.05. The molecule has 118 valence electrons. The van der Waals surface area contributed by atoms with Crippen LogP contribution in [0.25, 0.3) is 0 Å². The molecule has 2 N–H and O–H groups in total. The minimum Gasteiger partial charge on any atom is -0.327 e. The van der Waals surface area contributed by atoms with Crippen LogP contribution in [-0.4, -0.2) is 31.9 Å². The average molecular weight is 372 g/mol. The van der Waals surface area contributed by atoms with Crippen molar-refractivity contribution in [3.8, 4) is 0 Å². The van der Waals surface area contributed by atoms with Crippen LogP contribution in [0.3, 0.4) is 0 Å². The molecule has 1 saturated heterocycles. The molecule has 3 atom stereocenters. The molecule has 0 radical (unpaired) electrons. The predicted octanol–water partition coefficient (Wildman–Crippen LogP) is 2.77. The van der Waals surface area contributed by atoms with Crippen LogP contribution in [0.15, 0.2) is 23.1 Å². The van der Waals surface area contributed by atoms with Gasteiger partial charge < -0.3 is 5.73 Å². The van der Waals surface area contributed by atoms with Gasteiger partial charge in [-0.3, -0.25) is 0 Å². The number of sulfonamides is 1. The second-order valence-electron chi connectivity index (χ2n) is 5.56. The Morgan fingerprint density at radius 3 is 2.57 bits per heavy atom. The molecule has 1 aliphatic heterocycles. The van der Waals surface area contributed by atoms with Gasteiger partial charge in [0.1, 0.15) is 4.90 Å². The minimum absolute atomic E-state index is 0. The van der Waals surface area contributed by atoms with Gasteiger partial charge >= 0.3 is 0 Å². The van der Waals surface area contributed by atoms with Crippen LogP contribution >= 0.6 is 35.6 Å². The lowest BCUT2D eigenvalue weighted by molar-refractivity contribution is 0.427. The van der Waals surface area contributed by atoms with Crippen molar-refractivity contribution in [2.45, 2.75) is 23.8 Å². The molecule has 0 amide bonds. The van der Waals surface area contributed by atoms with Crippen LogP contribution in [0.2, 0.25) is 10.0 Å². The van der Waals surface area contributed by atoms with E-state index in [1.807, 2.05) is 0 Å². The quantitative estimate of drug-likeness (QED) is 0.869. The first kappa shape index (κ1) is 17.3. The van der Waals surface area contributed by atoms with Crippen LogP contribution in [0.1, 0.15) is 12.8 Å². The first-order valence-corrected chi connectivity index (χ1v) is 8.80. The third-order valence-electron chi connectivity index (χ3n) is 4.39. The van der Waals surface area contributed by atoms with Crippen molar-refractivity contribution in [1.82, 2.24) is 4.31 Å². The Hall–Kier alpha value is -0.0400. The van der Waals surface area contributed by atoms with Crippen molar-refractivity contribution in [1.29, 1.82) is 0 Å². The van der Waals surface area contributed by atoms with E-state index in [1.54, 1.807) is 6.07 Å². The standard InChI is InChI=1S/C13H16Cl2N2O2S.ClH/c14-9-2-3-11(15)13(5-9)20(18,19)17-6-8-1-4-12(16)10(8)7-17;/h2-3,5,8,10,12H,1,4,6-7,16H2;1H. The average Bonchev–Trinajstić information content (AvgIpc) is 2.95. The summed E-state index contributed by atoms with van der Waals surface area (Å²) < 4.78 is 26.9. The summed E-state index contributed by atoms with van der Waals surface area (Å²) in [5.74, 6) is 0.639. The Labute approximate surface area is 141 Å². The maximum absolute atomic E-state index is 12.7. The molecule has 0 bridgehead atoms. The summed E-state index contributed by atoms with van der Waals surface area (Å²) in [6.45, 7) is 1.01. The first-order chi connectivity index (χ1) is 9.39. The molecular weight excluding hydrogens is 355 g/mol. The number of hydrogen-bond donors (Lipinski definition) is 1. The number of benzene rings is 1. The molecule has 8 heteroatoms. The predicted molar refractivity (Wildman–Crippen MR) is 86.7 cm³/mol. The van der Waals surface area contributed by atoms with E-state index in [0.717, 1.165) is 12.8 Å². The molecule has 0 aromatic heterocycles. The molecular formula is C13H17Cl3N2O2S. The highest BCUT2D eigenvalue weighted by atomic mass is 35.5. The molecule has 3 rings (SSSR count). The Morgan fingerprint density at radius 2 is 1.90 bits per heavy atom. The zero-order valence-electron chi connectivity index (χ0n) is 11.2. The van der Waals surface area contributed by atoms with E-state index < -0.39 is 10.0 Å². The van der Waals surface area contributed by atoms with Crippen molar-refractivity contribution < 1.29 is 8.42 Å². The smallest absolute Gasteiger partial charge is 0.244 e.